The quantitative estimate of drug-likeness (QED) is 0.371. The van der Waals surface area contributed by atoms with E-state index in [0.29, 0.717) is 12.4 Å². The number of rotatable bonds is 9. The van der Waals surface area contributed by atoms with E-state index >= 15 is 0 Å². The van der Waals surface area contributed by atoms with Crippen LogP contribution in [0.5, 0.6) is 5.75 Å². The standard InChI is InChI=1S/C16H25O3PS2/c1-6-10-22-20(17,18-7-2)19-16-9-8-15(21-5)12-14(16)11-13(3)4/h8-9,11-12H,6-7,10H2,1-5H3. The second-order valence-corrected chi connectivity index (χ2v) is 9.91. The molecule has 6 heteroatoms. The zero-order chi connectivity index (χ0) is 16.6. The molecule has 0 N–H and O–H groups in total. The van der Waals surface area contributed by atoms with E-state index in [-0.39, 0.29) is 0 Å². The van der Waals surface area contributed by atoms with Crippen LogP contribution in [0.1, 0.15) is 39.7 Å². The lowest BCUT2D eigenvalue weighted by molar-refractivity contribution is 0.296. The van der Waals surface area contributed by atoms with E-state index in [0.717, 1.165) is 28.2 Å². The molecule has 22 heavy (non-hydrogen) atoms. The average Bonchev–Trinajstić information content (AvgIpc) is 2.47. The van der Waals surface area contributed by atoms with Gasteiger partial charge in [0.15, 0.2) is 0 Å². The Balaban J connectivity index is 3.12. The Morgan fingerprint density at radius 2 is 2.05 bits per heavy atom. The van der Waals surface area contributed by atoms with Crippen LogP contribution in [0.4, 0.5) is 0 Å². The van der Waals surface area contributed by atoms with Gasteiger partial charge in [-0.2, -0.15) is 0 Å². The Kier molecular flexibility index (Phi) is 8.70. The summed E-state index contributed by atoms with van der Waals surface area (Å²) < 4.78 is 24.1. The molecule has 0 fully saturated rings. The molecule has 0 amide bonds. The topological polar surface area (TPSA) is 35.5 Å². The van der Waals surface area contributed by atoms with Gasteiger partial charge < -0.3 is 4.52 Å². The molecule has 0 aromatic heterocycles. The number of thioether (sulfide) groups is 1. The smallest absolute Gasteiger partial charge is 0.416 e. The summed E-state index contributed by atoms with van der Waals surface area (Å²) in [5, 5.41) is 0. The van der Waals surface area contributed by atoms with Gasteiger partial charge in [0.05, 0.1) is 6.61 Å². The molecule has 3 nitrogen and oxygen atoms in total. The maximum Gasteiger partial charge on any atom is 0.440 e. The zero-order valence-corrected chi connectivity index (χ0v) is 16.4. The van der Waals surface area contributed by atoms with Crippen LogP contribution in [0, 0.1) is 0 Å². The molecule has 1 unspecified atom stereocenters. The molecule has 1 aromatic rings. The van der Waals surface area contributed by atoms with Crippen LogP contribution in [0.25, 0.3) is 6.08 Å². The van der Waals surface area contributed by atoms with Crippen molar-refractivity contribution >= 4 is 36.0 Å². The molecule has 0 saturated heterocycles. The van der Waals surface area contributed by atoms with E-state index in [9.17, 15) is 4.57 Å². The SMILES string of the molecule is CCCSP(=O)(OCC)Oc1ccc(SC)cc1C=C(C)C. The summed E-state index contributed by atoms with van der Waals surface area (Å²) >= 11 is 2.94. The maximum absolute atomic E-state index is 12.8. The third-order valence-electron chi connectivity index (χ3n) is 2.61. The Labute approximate surface area is 142 Å². The lowest BCUT2D eigenvalue weighted by Gasteiger charge is -2.19. The Morgan fingerprint density at radius 1 is 1.32 bits per heavy atom. The van der Waals surface area contributed by atoms with Crippen LogP contribution in [0.3, 0.4) is 0 Å². The van der Waals surface area contributed by atoms with Crippen LogP contribution in [0.15, 0.2) is 28.7 Å². The molecule has 0 bridgehead atoms. The van der Waals surface area contributed by atoms with Crippen LogP contribution in [0.2, 0.25) is 0 Å². The third-order valence-corrected chi connectivity index (χ3v) is 7.28. The Bertz CT molecular complexity index is 554. The number of benzene rings is 1. The molecule has 0 aliphatic carbocycles. The Morgan fingerprint density at radius 3 is 2.59 bits per heavy atom. The summed E-state index contributed by atoms with van der Waals surface area (Å²) in [5.41, 5.74) is 2.10. The van der Waals surface area contributed by atoms with Crippen molar-refractivity contribution in [2.24, 2.45) is 0 Å². The molecule has 0 radical (unpaired) electrons. The van der Waals surface area contributed by atoms with Crippen molar-refractivity contribution in [2.45, 2.75) is 39.0 Å². The molecule has 0 aliphatic heterocycles. The monoisotopic (exact) mass is 360 g/mol. The molecule has 0 aliphatic rings. The van der Waals surface area contributed by atoms with Gasteiger partial charge in [0.2, 0.25) is 0 Å². The van der Waals surface area contributed by atoms with E-state index in [4.69, 9.17) is 9.05 Å². The van der Waals surface area contributed by atoms with Gasteiger partial charge in [-0.05, 0) is 63.0 Å². The molecule has 124 valence electrons. The van der Waals surface area contributed by atoms with Crippen molar-refractivity contribution in [1.82, 2.24) is 0 Å². The van der Waals surface area contributed by atoms with Gasteiger partial charge in [0.1, 0.15) is 5.75 Å². The average molecular weight is 360 g/mol. The van der Waals surface area contributed by atoms with Gasteiger partial charge >= 0.3 is 6.80 Å². The summed E-state index contributed by atoms with van der Waals surface area (Å²) in [6.07, 6.45) is 5.00. The first-order valence-electron chi connectivity index (χ1n) is 7.35. The van der Waals surface area contributed by atoms with Crippen molar-refractivity contribution in [2.75, 3.05) is 18.6 Å². The Hall–Kier alpha value is -0.350. The predicted molar refractivity (Wildman–Crippen MR) is 100 cm³/mol. The first-order chi connectivity index (χ1) is 10.4. The fourth-order valence-corrected chi connectivity index (χ4v) is 5.65. The highest BCUT2D eigenvalue weighted by molar-refractivity contribution is 8.55. The molecule has 1 aromatic carbocycles. The van der Waals surface area contributed by atoms with Gasteiger partial charge in [0, 0.05) is 16.2 Å². The highest BCUT2D eigenvalue weighted by Crippen LogP contribution is 2.60. The fourth-order valence-electron chi connectivity index (χ4n) is 1.73. The second-order valence-electron chi connectivity index (χ2n) is 4.91. The van der Waals surface area contributed by atoms with Crippen LogP contribution < -0.4 is 4.52 Å². The van der Waals surface area contributed by atoms with Crippen molar-refractivity contribution in [3.05, 3.63) is 29.3 Å². The number of hydrogen-bond donors (Lipinski definition) is 0. The molecule has 1 atom stereocenters. The van der Waals surface area contributed by atoms with Crippen LogP contribution in [-0.2, 0) is 9.09 Å². The third kappa shape index (κ3) is 6.41. The van der Waals surface area contributed by atoms with Crippen molar-refractivity contribution in [1.29, 1.82) is 0 Å². The van der Waals surface area contributed by atoms with Crippen molar-refractivity contribution < 1.29 is 13.6 Å². The maximum atomic E-state index is 12.8. The van der Waals surface area contributed by atoms with E-state index in [1.54, 1.807) is 11.8 Å². The highest BCUT2D eigenvalue weighted by atomic mass is 32.7. The van der Waals surface area contributed by atoms with Crippen molar-refractivity contribution in [3.8, 4) is 5.75 Å². The number of allylic oxidation sites excluding steroid dienone is 1. The lowest BCUT2D eigenvalue weighted by Crippen LogP contribution is -1.98. The molecule has 0 saturated carbocycles. The minimum absolute atomic E-state index is 0.370. The summed E-state index contributed by atoms with van der Waals surface area (Å²) in [4.78, 5) is 1.15. The molecular formula is C16H25O3PS2. The first kappa shape index (κ1) is 19.7. The summed E-state index contributed by atoms with van der Waals surface area (Å²) in [7, 11) is 0. The lowest BCUT2D eigenvalue weighted by atomic mass is 10.1. The van der Waals surface area contributed by atoms with E-state index in [1.807, 2.05) is 58.2 Å². The van der Waals surface area contributed by atoms with Gasteiger partial charge in [-0.1, -0.05) is 18.6 Å². The highest BCUT2D eigenvalue weighted by Gasteiger charge is 2.27. The minimum atomic E-state index is -3.17. The van der Waals surface area contributed by atoms with Gasteiger partial charge in [-0.25, -0.2) is 4.57 Å². The molecule has 1 rings (SSSR count). The van der Waals surface area contributed by atoms with E-state index < -0.39 is 6.80 Å². The molecule has 0 heterocycles. The second kappa shape index (κ2) is 9.71. The summed E-state index contributed by atoms with van der Waals surface area (Å²) in [6, 6.07) is 5.90. The minimum Gasteiger partial charge on any atom is -0.416 e. The van der Waals surface area contributed by atoms with Crippen molar-refractivity contribution in [3.63, 3.8) is 0 Å². The van der Waals surface area contributed by atoms with Crippen LogP contribution in [-0.4, -0.2) is 18.6 Å². The summed E-state index contributed by atoms with van der Waals surface area (Å²) in [5.74, 6) is 1.36. The fraction of sp³-hybridized carbons (Fsp3) is 0.500. The predicted octanol–water partition coefficient (Wildman–Crippen LogP) is 6.50. The van der Waals surface area contributed by atoms with E-state index in [2.05, 4.69) is 0 Å². The summed E-state index contributed by atoms with van der Waals surface area (Å²) in [6.45, 7) is 5.14. The van der Waals surface area contributed by atoms with Gasteiger partial charge in [0.25, 0.3) is 0 Å². The van der Waals surface area contributed by atoms with E-state index in [1.165, 1.54) is 11.4 Å². The van der Waals surface area contributed by atoms with Gasteiger partial charge in [-0.15, -0.1) is 11.8 Å². The molecular weight excluding hydrogens is 335 g/mol. The van der Waals surface area contributed by atoms with Crippen LogP contribution >= 0.6 is 29.9 Å². The largest absolute Gasteiger partial charge is 0.440 e. The first-order valence-corrected chi connectivity index (χ1v) is 11.7. The molecule has 0 spiro atoms. The van der Waals surface area contributed by atoms with Gasteiger partial charge in [-0.3, -0.25) is 4.52 Å². The number of hydrogen-bond acceptors (Lipinski definition) is 5. The normalized spacial score (nSPS) is 13.5. The zero-order valence-electron chi connectivity index (χ0n) is 13.9.